The molecule has 1 amide bonds. The number of ether oxygens (including phenoxy) is 1. The molecule has 3 aromatic rings. The highest BCUT2D eigenvalue weighted by Crippen LogP contribution is 2.38. The van der Waals surface area contributed by atoms with E-state index < -0.39 is 39.2 Å². The van der Waals surface area contributed by atoms with Crippen LogP contribution in [0, 0.1) is 6.92 Å². The summed E-state index contributed by atoms with van der Waals surface area (Å²) in [5, 5.41) is 2.03. The number of alkyl halides is 3. The number of carbonyl (C=O) groups excluding carboxylic acids is 1. The molecule has 0 aromatic heterocycles. The van der Waals surface area contributed by atoms with Crippen molar-refractivity contribution < 1.29 is 31.1 Å². The number of nitrogens with one attached hydrogen (secondary N) is 1. The monoisotopic (exact) mass is 554 g/mol. The third kappa shape index (κ3) is 7.39. The smallest absolute Gasteiger partial charge is 0.417 e. The van der Waals surface area contributed by atoms with Crippen LogP contribution in [0.25, 0.3) is 0 Å². The minimum Gasteiger partial charge on any atom is -0.491 e. The average Bonchev–Trinajstić information content (AvgIpc) is 2.81. The Morgan fingerprint density at radius 3 is 2.35 bits per heavy atom. The molecule has 0 spiro atoms. The molecule has 198 valence electrons. The van der Waals surface area contributed by atoms with Gasteiger partial charge in [0.05, 0.1) is 27.3 Å². The van der Waals surface area contributed by atoms with Crippen molar-refractivity contribution in [2.24, 2.45) is 0 Å². The highest BCUT2D eigenvalue weighted by molar-refractivity contribution is 7.92. The number of hydrogen-bond acceptors (Lipinski definition) is 4. The van der Waals surface area contributed by atoms with E-state index in [0.29, 0.717) is 21.7 Å². The molecule has 0 aliphatic heterocycles. The SMILES string of the molecule is Cc1ccc(S(=O)(=O)N(CC(=O)NCc2cccc(OC(C)C)c2)c2ccc(Cl)c(C(F)(F)F)c2)cc1. The van der Waals surface area contributed by atoms with Gasteiger partial charge < -0.3 is 10.1 Å². The zero-order chi connectivity index (χ0) is 27.4. The van der Waals surface area contributed by atoms with Crippen LogP contribution in [0.15, 0.2) is 71.6 Å². The van der Waals surface area contributed by atoms with Crippen LogP contribution in [0.3, 0.4) is 0 Å². The quantitative estimate of drug-likeness (QED) is 0.354. The Hall–Kier alpha value is -3.24. The predicted molar refractivity (Wildman–Crippen MR) is 136 cm³/mol. The van der Waals surface area contributed by atoms with Crippen molar-refractivity contribution >= 4 is 33.2 Å². The van der Waals surface area contributed by atoms with Gasteiger partial charge in [0.15, 0.2) is 0 Å². The summed E-state index contributed by atoms with van der Waals surface area (Å²) in [6, 6.07) is 15.5. The first-order valence-electron chi connectivity index (χ1n) is 11.3. The van der Waals surface area contributed by atoms with Crippen LogP contribution in [0.4, 0.5) is 18.9 Å². The number of sulfonamides is 1. The van der Waals surface area contributed by atoms with Crippen LogP contribution in [0.2, 0.25) is 5.02 Å². The number of anilines is 1. The first-order chi connectivity index (χ1) is 17.3. The molecule has 0 atom stereocenters. The maximum absolute atomic E-state index is 13.5. The fraction of sp³-hybridized carbons (Fsp3) is 0.269. The Bertz CT molecular complexity index is 1360. The highest BCUT2D eigenvalue weighted by Gasteiger charge is 2.35. The lowest BCUT2D eigenvalue weighted by molar-refractivity contribution is -0.137. The van der Waals surface area contributed by atoms with Gasteiger partial charge in [-0.05, 0) is 68.8 Å². The Morgan fingerprint density at radius 1 is 1.05 bits per heavy atom. The number of nitrogens with zero attached hydrogens (tertiary/aromatic N) is 1. The van der Waals surface area contributed by atoms with Crippen molar-refractivity contribution in [1.82, 2.24) is 5.32 Å². The molecule has 0 unspecified atom stereocenters. The zero-order valence-corrected chi connectivity index (χ0v) is 21.9. The number of benzene rings is 3. The summed E-state index contributed by atoms with van der Waals surface area (Å²) in [5.41, 5.74) is -0.0685. The molecule has 3 aromatic carbocycles. The molecule has 0 saturated carbocycles. The summed E-state index contributed by atoms with van der Waals surface area (Å²) < 4.78 is 73.7. The van der Waals surface area contributed by atoms with Gasteiger partial charge in [-0.1, -0.05) is 41.4 Å². The van der Waals surface area contributed by atoms with Gasteiger partial charge in [0.25, 0.3) is 10.0 Å². The van der Waals surface area contributed by atoms with Crippen LogP contribution < -0.4 is 14.4 Å². The summed E-state index contributed by atoms with van der Waals surface area (Å²) in [7, 11) is -4.40. The van der Waals surface area contributed by atoms with Crippen molar-refractivity contribution in [3.05, 3.63) is 88.4 Å². The lowest BCUT2D eigenvalue weighted by atomic mass is 10.2. The molecule has 11 heteroatoms. The first kappa shape index (κ1) is 28.3. The largest absolute Gasteiger partial charge is 0.491 e. The molecule has 0 radical (unpaired) electrons. The average molecular weight is 555 g/mol. The van der Waals surface area contributed by atoms with Crippen LogP contribution in [0.1, 0.15) is 30.5 Å². The van der Waals surface area contributed by atoms with Crippen LogP contribution >= 0.6 is 11.6 Å². The fourth-order valence-electron chi connectivity index (χ4n) is 3.43. The molecular formula is C26H26ClF3N2O4S. The highest BCUT2D eigenvalue weighted by atomic mass is 35.5. The number of aryl methyl sites for hydroxylation is 1. The third-order valence-corrected chi connectivity index (χ3v) is 7.32. The lowest BCUT2D eigenvalue weighted by Crippen LogP contribution is -2.40. The van der Waals surface area contributed by atoms with Gasteiger partial charge in [0.2, 0.25) is 5.91 Å². The van der Waals surface area contributed by atoms with Crippen LogP contribution in [-0.4, -0.2) is 27.0 Å². The molecule has 0 aliphatic carbocycles. The summed E-state index contributed by atoms with van der Waals surface area (Å²) in [6.07, 6.45) is -4.87. The van der Waals surface area contributed by atoms with E-state index in [1.54, 1.807) is 43.3 Å². The topological polar surface area (TPSA) is 75.7 Å². The summed E-state index contributed by atoms with van der Waals surface area (Å²) >= 11 is 5.72. The molecule has 0 heterocycles. The van der Waals surface area contributed by atoms with Crippen LogP contribution in [0.5, 0.6) is 5.75 Å². The second kappa shape index (κ2) is 11.4. The number of hydrogen-bond donors (Lipinski definition) is 1. The number of halogens is 4. The van der Waals surface area contributed by atoms with E-state index in [0.717, 1.165) is 17.7 Å². The van der Waals surface area contributed by atoms with E-state index in [9.17, 15) is 26.4 Å². The molecule has 1 N–H and O–H groups in total. The Morgan fingerprint density at radius 2 is 1.73 bits per heavy atom. The lowest BCUT2D eigenvalue weighted by Gasteiger charge is -2.25. The van der Waals surface area contributed by atoms with Gasteiger partial charge in [0.1, 0.15) is 12.3 Å². The maximum atomic E-state index is 13.5. The maximum Gasteiger partial charge on any atom is 0.417 e. The standard InChI is InChI=1S/C26H26ClF3N2O4S/c1-17(2)36-21-6-4-5-19(13-21)15-31-25(33)16-32(37(34,35)22-10-7-18(3)8-11-22)20-9-12-24(27)23(14-20)26(28,29)30/h4-14,17H,15-16H2,1-3H3,(H,31,33). The molecule has 37 heavy (non-hydrogen) atoms. The fourth-order valence-corrected chi connectivity index (χ4v) is 5.06. The minimum atomic E-state index is -4.82. The van der Waals surface area contributed by atoms with E-state index in [4.69, 9.17) is 16.3 Å². The number of amides is 1. The van der Waals surface area contributed by atoms with Gasteiger partial charge in [-0.25, -0.2) is 8.42 Å². The van der Waals surface area contributed by atoms with Gasteiger partial charge in [0, 0.05) is 6.54 Å². The zero-order valence-electron chi connectivity index (χ0n) is 20.3. The van der Waals surface area contributed by atoms with Crippen molar-refractivity contribution in [1.29, 1.82) is 0 Å². The van der Waals surface area contributed by atoms with Crippen molar-refractivity contribution in [3.8, 4) is 5.75 Å². The number of carbonyl (C=O) groups is 1. The molecule has 3 rings (SSSR count). The summed E-state index contributed by atoms with van der Waals surface area (Å²) in [4.78, 5) is 12.7. The van der Waals surface area contributed by atoms with E-state index >= 15 is 0 Å². The third-order valence-electron chi connectivity index (χ3n) is 5.20. The second-order valence-electron chi connectivity index (χ2n) is 8.58. The van der Waals surface area contributed by atoms with E-state index in [1.165, 1.54) is 12.1 Å². The predicted octanol–water partition coefficient (Wildman–Crippen LogP) is 5.97. The van der Waals surface area contributed by atoms with Crippen molar-refractivity contribution in [3.63, 3.8) is 0 Å². The molecular weight excluding hydrogens is 529 g/mol. The Labute approximate surface area is 219 Å². The number of rotatable bonds is 9. The first-order valence-corrected chi connectivity index (χ1v) is 13.1. The molecule has 0 fully saturated rings. The Balaban J connectivity index is 1.91. The van der Waals surface area contributed by atoms with Gasteiger partial charge in [-0.2, -0.15) is 13.2 Å². The van der Waals surface area contributed by atoms with Gasteiger partial charge >= 0.3 is 6.18 Å². The molecule has 6 nitrogen and oxygen atoms in total. The minimum absolute atomic E-state index is 0.0497. The van der Waals surface area contributed by atoms with E-state index in [2.05, 4.69) is 5.32 Å². The summed E-state index contributed by atoms with van der Waals surface area (Å²) in [6.45, 7) is 4.81. The molecule has 0 aliphatic rings. The van der Waals surface area contributed by atoms with Crippen molar-refractivity contribution in [2.45, 2.75) is 44.5 Å². The van der Waals surface area contributed by atoms with E-state index in [-0.39, 0.29) is 23.2 Å². The van der Waals surface area contributed by atoms with Crippen LogP contribution in [-0.2, 0) is 27.5 Å². The van der Waals surface area contributed by atoms with Gasteiger partial charge in [-0.3, -0.25) is 9.10 Å². The van der Waals surface area contributed by atoms with Gasteiger partial charge in [-0.15, -0.1) is 0 Å². The molecule has 0 bridgehead atoms. The van der Waals surface area contributed by atoms with E-state index in [1.807, 2.05) is 13.8 Å². The Kier molecular flexibility index (Phi) is 8.76. The molecule has 0 saturated heterocycles. The normalized spacial score (nSPS) is 11.9. The summed E-state index contributed by atoms with van der Waals surface area (Å²) in [5.74, 6) is -0.111. The second-order valence-corrected chi connectivity index (χ2v) is 10.8. The van der Waals surface area contributed by atoms with Crippen molar-refractivity contribution in [2.75, 3.05) is 10.8 Å².